The summed E-state index contributed by atoms with van der Waals surface area (Å²) in [6.45, 7) is 11.0. The Balaban J connectivity index is 1.92. The van der Waals surface area contributed by atoms with Gasteiger partial charge in [0, 0.05) is 24.7 Å². The molecule has 0 aliphatic carbocycles. The minimum absolute atomic E-state index is 0.107. The van der Waals surface area contributed by atoms with Gasteiger partial charge in [0.05, 0.1) is 29.3 Å². The molecule has 1 aliphatic rings. The zero-order valence-corrected chi connectivity index (χ0v) is 18.3. The van der Waals surface area contributed by atoms with Crippen molar-refractivity contribution in [2.75, 3.05) is 31.6 Å². The van der Waals surface area contributed by atoms with Crippen molar-refractivity contribution in [3.8, 4) is 0 Å². The van der Waals surface area contributed by atoms with E-state index in [2.05, 4.69) is 10.4 Å². The van der Waals surface area contributed by atoms with Gasteiger partial charge >= 0.3 is 0 Å². The third-order valence-electron chi connectivity index (χ3n) is 4.77. The predicted octanol–water partition coefficient (Wildman–Crippen LogP) is 2.53. The molecule has 2 aromatic rings. The molecule has 9 heteroatoms. The number of carbonyl (C=O) groups is 1. The summed E-state index contributed by atoms with van der Waals surface area (Å²) in [7, 11) is -3.68. The number of hydrogen-bond donors (Lipinski definition) is 1. The maximum Gasteiger partial charge on any atom is 0.257 e. The third-order valence-corrected chi connectivity index (χ3v) is 6.66. The molecule has 158 valence electrons. The number of carbonyl (C=O) groups excluding carboxylic acids is 1. The number of anilines is 1. The van der Waals surface area contributed by atoms with Crippen molar-refractivity contribution in [3.63, 3.8) is 0 Å². The van der Waals surface area contributed by atoms with E-state index in [0.717, 1.165) is 5.69 Å². The largest absolute Gasteiger partial charge is 0.379 e. The van der Waals surface area contributed by atoms with Crippen LogP contribution < -0.4 is 5.32 Å². The van der Waals surface area contributed by atoms with E-state index in [0.29, 0.717) is 43.2 Å². The lowest BCUT2D eigenvalue weighted by atomic mass is 10.1. The number of nitrogens with zero attached hydrogens (tertiary/aromatic N) is 3. The lowest BCUT2D eigenvalue weighted by molar-refractivity contribution is 0.0730. The predicted molar refractivity (Wildman–Crippen MR) is 111 cm³/mol. The van der Waals surface area contributed by atoms with Crippen LogP contribution in [0.4, 0.5) is 5.82 Å². The average molecular weight is 421 g/mol. The van der Waals surface area contributed by atoms with E-state index in [1.807, 2.05) is 27.7 Å². The second-order valence-corrected chi connectivity index (χ2v) is 10.1. The SMILES string of the molecule is Cc1cc(NC(=O)c2cc(S(=O)(=O)N3CCOCC3)ccc2C)n(C(C)(C)C)n1. The molecule has 0 atom stereocenters. The summed E-state index contributed by atoms with van der Waals surface area (Å²) in [5.74, 6) is 0.202. The van der Waals surface area contributed by atoms with Gasteiger partial charge in [0.2, 0.25) is 10.0 Å². The van der Waals surface area contributed by atoms with Gasteiger partial charge in [-0.3, -0.25) is 4.79 Å². The van der Waals surface area contributed by atoms with Gasteiger partial charge in [0.15, 0.2) is 0 Å². The highest BCUT2D eigenvalue weighted by Gasteiger charge is 2.28. The summed E-state index contributed by atoms with van der Waals surface area (Å²) in [6.07, 6.45) is 0. The molecular formula is C20H28N4O4S. The van der Waals surface area contributed by atoms with Crippen LogP contribution in [-0.4, -0.2) is 54.7 Å². The Morgan fingerprint density at radius 2 is 1.79 bits per heavy atom. The maximum atomic E-state index is 13.0. The van der Waals surface area contributed by atoms with Crippen molar-refractivity contribution in [1.29, 1.82) is 0 Å². The van der Waals surface area contributed by atoms with E-state index in [9.17, 15) is 13.2 Å². The van der Waals surface area contributed by atoms with E-state index in [-0.39, 0.29) is 16.3 Å². The van der Waals surface area contributed by atoms with Crippen LogP contribution in [0.15, 0.2) is 29.2 Å². The van der Waals surface area contributed by atoms with E-state index in [4.69, 9.17) is 4.74 Å². The first-order chi connectivity index (χ1) is 13.5. The molecule has 8 nitrogen and oxygen atoms in total. The number of hydrogen-bond acceptors (Lipinski definition) is 5. The Morgan fingerprint density at radius 3 is 2.41 bits per heavy atom. The number of sulfonamides is 1. The van der Waals surface area contributed by atoms with Crippen LogP contribution in [0.2, 0.25) is 0 Å². The number of ether oxygens (including phenoxy) is 1. The molecule has 1 aromatic heterocycles. The number of aryl methyl sites for hydroxylation is 2. The molecule has 1 aliphatic heterocycles. The molecule has 1 saturated heterocycles. The van der Waals surface area contributed by atoms with Crippen molar-refractivity contribution in [1.82, 2.24) is 14.1 Å². The van der Waals surface area contributed by atoms with Crippen LogP contribution in [0, 0.1) is 13.8 Å². The average Bonchev–Trinajstić information content (AvgIpc) is 3.03. The van der Waals surface area contributed by atoms with Gasteiger partial charge in [-0.15, -0.1) is 0 Å². The molecule has 1 amide bonds. The number of amides is 1. The monoisotopic (exact) mass is 420 g/mol. The zero-order chi connectivity index (χ0) is 21.4. The molecule has 1 aromatic carbocycles. The topological polar surface area (TPSA) is 93.5 Å². The first kappa shape index (κ1) is 21.5. The molecule has 0 saturated carbocycles. The molecule has 2 heterocycles. The van der Waals surface area contributed by atoms with Crippen molar-refractivity contribution in [2.24, 2.45) is 0 Å². The fourth-order valence-corrected chi connectivity index (χ4v) is 4.66. The van der Waals surface area contributed by atoms with Gasteiger partial charge in [-0.05, 0) is 52.3 Å². The van der Waals surface area contributed by atoms with Crippen LogP contribution in [0.1, 0.15) is 42.4 Å². The van der Waals surface area contributed by atoms with E-state index in [1.165, 1.54) is 10.4 Å². The fourth-order valence-electron chi connectivity index (χ4n) is 3.23. The van der Waals surface area contributed by atoms with E-state index in [1.54, 1.807) is 29.8 Å². The Hall–Kier alpha value is -2.23. The number of morpholine rings is 1. The van der Waals surface area contributed by atoms with E-state index >= 15 is 0 Å². The molecule has 29 heavy (non-hydrogen) atoms. The fraction of sp³-hybridized carbons (Fsp3) is 0.500. The quantitative estimate of drug-likeness (QED) is 0.820. The summed E-state index contributed by atoms with van der Waals surface area (Å²) in [5.41, 5.74) is 1.49. The van der Waals surface area contributed by atoms with Crippen LogP contribution in [0.3, 0.4) is 0 Å². The standard InChI is InChI=1S/C20H28N4O4S/c1-14-6-7-16(29(26,27)23-8-10-28-11-9-23)13-17(14)19(25)21-18-12-15(2)22-24(18)20(3,4)5/h6-7,12-13H,8-11H2,1-5H3,(H,21,25). The first-order valence-corrected chi connectivity index (χ1v) is 11.0. The highest BCUT2D eigenvalue weighted by Crippen LogP contribution is 2.24. The first-order valence-electron chi connectivity index (χ1n) is 9.57. The molecule has 0 spiro atoms. The summed E-state index contributed by atoms with van der Waals surface area (Å²) in [4.78, 5) is 13.1. The number of nitrogens with one attached hydrogen (secondary N) is 1. The van der Waals surface area contributed by atoms with Crippen molar-refractivity contribution < 1.29 is 17.9 Å². The summed E-state index contributed by atoms with van der Waals surface area (Å²) in [5, 5.41) is 7.34. The van der Waals surface area contributed by atoms with Gasteiger partial charge in [0.1, 0.15) is 5.82 Å². The van der Waals surface area contributed by atoms with Crippen LogP contribution in [0.25, 0.3) is 0 Å². The molecule has 1 fully saturated rings. The molecule has 0 unspecified atom stereocenters. The van der Waals surface area contributed by atoms with Gasteiger partial charge in [-0.2, -0.15) is 9.40 Å². The summed E-state index contributed by atoms with van der Waals surface area (Å²) < 4.78 is 34.3. The zero-order valence-electron chi connectivity index (χ0n) is 17.5. The molecule has 3 rings (SSSR count). The third kappa shape index (κ3) is 4.52. The minimum atomic E-state index is -3.68. The summed E-state index contributed by atoms with van der Waals surface area (Å²) >= 11 is 0. The van der Waals surface area contributed by atoms with Crippen molar-refractivity contribution >= 4 is 21.7 Å². The van der Waals surface area contributed by atoms with Crippen LogP contribution in [-0.2, 0) is 20.3 Å². The summed E-state index contributed by atoms with van der Waals surface area (Å²) in [6, 6.07) is 6.45. The Bertz CT molecular complexity index is 1020. The van der Waals surface area contributed by atoms with Gasteiger partial charge in [0.25, 0.3) is 5.91 Å². The van der Waals surface area contributed by atoms with E-state index < -0.39 is 10.0 Å². The Morgan fingerprint density at radius 1 is 1.14 bits per heavy atom. The number of aromatic nitrogens is 2. The van der Waals surface area contributed by atoms with Crippen molar-refractivity contribution in [2.45, 2.75) is 45.1 Å². The molecule has 0 bridgehead atoms. The lowest BCUT2D eigenvalue weighted by Crippen LogP contribution is -2.40. The Kier molecular flexibility index (Phi) is 5.84. The normalized spacial score (nSPS) is 16.0. The van der Waals surface area contributed by atoms with Gasteiger partial charge in [-0.25, -0.2) is 13.1 Å². The highest BCUT2D eigenvalue weighted by atomic mass is 32.2. The van der Waals surface area contributed by atoms with Gasteiger partial charge in [-0.1, -0.05) is 6.07 Å². The minimum Gasteiger partial charge on any atom is -0.379 e. The second-order valence-electron chi connectivity index (χ2n) is 8.20. The van der Waals surface area contributed by atoms with Crippen molar-refractivity contribution in [3.05, 3.63) is 41.1 Å². The Labute approximate surface area is 171 Å². The van der Waals surface area contributed by atoms with Crippen LogP contribution >= 0.6 is 0 Å². The van der Waals surface area contributed by atoms with Gasteiger partial charge < -0.3 is 10.1 Å². The lowest BCUT2D eigenvalue weighted by Gasteiger charge is -2.26. The number of rotatable bonds is 4. The maximum absolute atomic E-state index is 13.0. The van der Waals surface area contributed by atoms with Crippen LogP contribution in [0.5, 0.6) is 0 Å². The number of benzene rings is 1. The molecular weight excluding hydrogens is 392 g/mol. The highest BCUT2D eigenvalue weighted by molar-refractivity contribution is 7.89. The second kappa shape index (κ2) is 7.89. The smallest absolute Gasteiger partial charge is 0.257 e. The molecule has 0 radical (unpaired) electrons. The molecule has 1 N–H and O–H groups in total.